The zero-order chi connectivity index (χ0) is 26.9. The van der Waals surface area contributed by atoms with E-state index in [1.165, 1.54) is 15.3 Å². The Balaban J connectivity index is 1.45. The summed E-state index contributed by atoms with van der Waals surface area (Å²) in [4.78, 5) is 40.1. The van der Waals surface area contributed by atoms with E-state index in [1.54, 1.807) is 62.0 Å². The first-order chi connectivity index (χ1) is 19.0. The van der Waals surface area contributed by atoms with Gasteiger partial charge in [-0.1, -0.05) is 30.0 Å². The zero-order valence-electron chi connectivity index (χ0n) is 20.6. The lowest BCUT2D eigenvalue weighted by Crippen LogP contribution is -2.33. The van der Waals surface area contributed by atoms with Gasteiger partial charge < -0.3 is 15.5 Å². The van der Waals surface area contributed by atoms with Crippen LogP contribution >= 0.6 is 0 Å². The van der Waals surface area contributed by atoms with Gasteiger partial charge in [-0.05, 0) is 37.3 Å². The van der Waals surface area contributed by atoms with Gasteiger partial charge in [0, 0.05) is 30.4 Å². The maximum absolute atomic E-state index is 13.9. The molecule has 0 fully saturated rings. The van der Waals surface area contributed by atoms with Gasteiger partial charge in [0.15, 0.2) is 11.5 Å². The summed E-state index contributed by atoms with van der Waals surface area (Å²) >= 11 is 0. The summed E-state index contributed by atoms with van der Waals surface area (Å²) in [6.45, 7) is 1.72. The fourth-order valence-corrected chi connectivity index (χ4v) is 4.25. The van der Waals surface area contributed by atoms with Gasteiger partial charge in [-0.3, -0.25) is 19.1 Å². The van der Waals surface area contributed by atoms with Gasteiger partial charge in [-0.25, -0.2) is 9.50 Å². The van der Waals surface area contributed by atoms with E-state index in [0.29, 0.717) is 16.9 Å². The van der Waals surface area contributed by atoms with E-state index in [0.717, 1.165) is 5.56 Å². The first kappa shape index (κ1) is 23.6. The number of pyridine rings is 1. The highest BCUT2D eigenvalue weighted by Crippen LogP contribution is 2.23. The summed E-state index contributed by atoms with van der Waals surface area (Å²) in [6, 6.07) is 13.5. The van der Waals surface area contributed by atoms with Gasteiger partial charge in [0.1, 0.15) is 23.0 Å². The van der Waals surface area contributed by atoms with Crippen molar-refractivity contribution in [3.05, 3.63) is 112 Å². The topological polar surface area (TPSA) is 146 Å². The highest BCUT2D eigenvalue weighted by molar-refractivity contribution is 6.04. The van der Waals surface area contributed by atoms with Crippen molar-refractivity contribution in [3.8, 4) is 17.5 Å². The van der Waals surface area contributed by atoms with E-state index >= 15 is 0 Å². The van der Waals surface area contributed by atoms with Gasteiger partial charge in [0.2, 0.25) is 5.71 Å². The Morgan fingerprint density at radius 1 is 1.08 bits per heavy atom. The van der Waals surface area contributed by atoms with Crippen molar-refractivity contribution in [3.63, 3.8) is 0 Å². The van der Waals surface area contributed by atoms with Crippen LogP contribution < -0.4 is 16.6 Å². The van der Waals surface area contributed by atoms with Gasteiger partial charge in [-0.15, -0.1) is 5.10 Å². The van der Waals surface area contributed by atoms with Gasteiger partial charge >= 0.3 is 0 Å². The number of nitrogens with zero attached hydrogens (tertiary/aromatic N) is 6. The molecule has 0 spiro atoms. The van der Waals surface area contributed by atoms with Gasteiger partial charge in [0.25, 0.3) is 11.5 Å². The monoisotopic (exact) mass is 516 g/mol. The van der Waals surface area contributed by atoms with E-state index in [4.69, 9.17) is 10.2 Å². The van der Waals surface area contributed by atoms with Crippen LogP contribution in [0.25, 0.3) is 22.4 Å². The molecule has 1 amide bonds. The number of carbonyl (C=O) groups is 1. The van der Waals surface area contributed by atoms with Crippen LogP contribution in [-0.2, 0) is 0 Å². The number of aromatic nitrogens is 6. The number of nitrogen functional groups attached to an aromatic ring is 1. The highest BCUT2D eigenvalue weighted by Gasteiger charge is 2.25. The minimum Gasteiger partial charge on any atom is -0.445 e. The first-order valence-electron chi connectivity index (χ1n) is 11.9. The molecule has 190 valence electrons. The van der Waals surface area contributed by atoms with E-state index < -0.39 is 11.9 Å². The molecule has 0 aliphatic rings. The van der Waals surface area contributed by atoms with Crippen molar-refractivity contribution < 1.29 is 9.21 Å². The summed E-state index contributed by atoms with van der Waals surface area (Å²) in [6.07, 6.45) is 7.87. The molecule has 3 N–H and O–H groups in total. The van der Waals surface area contributed by atoms with Crippen LogP contribution in [0, 0.1) is 11.8 Å². The number of nitrogens with two attached hydrogens (primary N) is 1. The molecule has 11 heteroatoms. The quantitative estimate of drug-likeness (QED) is 0.340. The third-order valence-corrected chi connectivity index (χ3v) is 6.05. The third-order valence-electron chi connectivity index (χ3n) is 6.05. The molecule has 1 atom stereocenters. The molecule has 5 aromatic heterocycles. The Labute approximate surface area is 221 Å². The van der Waals surface area contributed by atoms with Gasteiger partial charge in [0.05, 0.1) is 17.3 Å². The summed E-state index contributed by atoms with van der Waals surface area (Å²) in [5.74, 6) is 5.80. The van der Waals surface area contributed by atoms with Crippen LogP contribution in [-0.4, -0.2) is 35.0 Å². The molecule has 0 bridgehead atoms. The number of hydrogen-bond acceptors (Lipinski definition) is 8. The fourth-order valence-electron chi connectivity index (χ4n) is 4.25. The van der Waals surface area contributed by atoms with Crippen LogP contribution in [0.5, 0.6) is 0 Å². The Hall–Kier alpha value is -5.76. The zero-order valence-corrected chi connectivity index (χ0v) is 20.6. The molecule has 11 nitrogen and oxygen atoms in total. The molecular weight excluding hydrogens is 496 g/mol. The standard InChI is InChI=1S/C28H20N8O3/c1-17(32-26(37)22-23(29)34-35-15-5-12-31-25(22)35)24-33-27-21(28(38)36(24)20-6-3-2-4-7-20)19(16-39-27)9-8-18-10-13-30-14-11-18/h2-7,10-17H,1H3,(H2,29,34)(H,32,37)/t17-/m0/s1. The molecule has 0 unspecified atom stereocenters. The number of rotatable bonds is 4. The largest absolute Gasteiger partial charge is 0.445 e. The lowest BCUT2D eigenvalue weighted by molar-refractivity contribution is 0.0940. The van der Waals surface area contributed by atoms with Crippen LogP contribution in [0.3, 0.4) is 0 Å². The van der Waals surface area contributed by atoms with Crippen LogP contribution in [0.2, 0.25) is 0 Å². The molecule has 0 aliphatic heterocycles. The summed E-state index contributed by atoms with van der Waals surface area (Å²) in [5.41, 5.74) is 7.91. The number of furan rings is 1. The average Bonchev–Trinajstić information content (AvgIpc) is 3.52. The number of nitrogens with one attached hydrogen (secondary N) is 1. The molecule has 0 radical (unpaired) electrons. The molecule has 6 rings (SSSR count). The van der Waals surface area contributed by atoms with Gasteiger partial charge in [-0.2, -0.15) is 4.98 Å². The average molecular weight is 517 g/mol. The fraction of sp³-hybridized carbons (Fsp3) is 0.0714. The van der Waals surface area contributed by atoms with Crippen molar-refractivity contribution in [1.29, 1.82) is 0 Å². The first-order valence-corrected chi connectivity index (χ1v) is 11.9. The second kappa shape index (κ2) is 9.60. The maximum atomic E-state index is 13.9. The Morgan fingerprint density at radius 2 is 1.87 bits per heavy atom. The third kappa shape index (κ3) is 4.25. The Morgan fingerprint density at radius 3 is 2.67 bits per heavy atom. The summed E-state index contributed by atoms with van der Waals surface area (Å²) in [7, 11) is 0. The van der Waals surface area contributed by atoms with Crippen LogP contribution in [0.1, 0.15) is 40.3 Å². The second-order valence-corrected chi connectivity index (χ2v) is 8.60. The van der Waals surface area contributed by atoms with Crippen LogP contribution in [0.15, 0.2) is 88.8 Å². The molecule has 0 saturated heterocycles. The predicted molar refractivity (Wildman–Crippen MR) is 143 cm³/mol. The van der Waals surface area contributed by atoms with Crippen molar-refractivity contribution in [2.45, 2.75) is 13.0 Å². The van der Waals surface area contributed by atoms with Crippen molar-refractivity contribution >= 4 is 28.5 Å². The highest BCUT2D eigenvalue weighted by atomic mass is 16.3. The minimum absolute atomic E-state index is 0.0331. The number of amides is 1. The second-order valence-electron chi connectivity index (χ2n) is 8.60. The van der Waals surface area contributed by atoms with E-state index in [2.05, 4.69) is 37.2 Å². The summed E-state index contributed by atoms with van der Waals surface area (Å²) < 4.78 is 8.53. The summed E-state index contributed by atoms with van der Waals surface area (Å²) in [5, 5.41) is 7.26. The number of para-hydroxylation sites is 1. The van der Waals surface area contributed by atoms with E-state index in [-0.39, 0.29) is 33.9 Å². The number of anilines is 1. The minimum atomic E-state index is -0.732. The van der Waals surface area contributed by atoms with Crippen molar-refractivity contribution in [1.82, 2.24) is 34.4 Å². The SMILES string of the molecule is C[C@H](NC(=O)c1c(N)nn2cccnc12)c1nc2occ(C#Cc3ccncc3)c2c(=O)n1-c1ccccc1. The molecule has 0 aliphatic carbocycles. The molecular formula is C28H20N8O3. The molecule has 1 aromatic carbocycles. The lowest BCUT2D eigenvalue weighted by Gasteiger charge is -2.18. The molecule has 6 aromatic rings. The van der Waals surface area contributed by atoms with Crippen molar-refractivity contribution in [2.24, 2.45) is 0 Å². The maximum Gasteiger partial charge on any atom is 0.270 e. The molecule has 5 heterocycles. The number of benzene rings is 1. The smallest absolute Gasteiger partial charge is 0.270 e. The normalized spacial score (nSPS) is 11.7. The lowest BCUT2D eigenvalue weighted by atomic mass is 10.2. The number of hydrogen-bond donors (Lipinski definition) is 2. The number of carbonyl (C=O) groups excluding carboxylic acids is 1. The van der Waals surface area contributed by atoms with Crippen molar-refractivity contribution in [2.75, 3.05) is 5.73 Å². The predicted octanol–water partition coefficient (Wildman–Crippen LogP) is 2.89. The Bertz CT molecular complexity index is 1960. The van der Waals surface area contributed by atoms with E-state index in [1.807, 2.05) is 18.2 Å². The molecule has 39 heavy (non-hydrogen) atoms. The van der Waals surface area contributed by atoms with E-state index in [9.17, 15) is 9.59 Å². The number of fused-ring (bicyclic) bond motifs is 2. The van der Waals surface area contributed by atoms with Crippen LogP contribution in [0.4, 0.5) is 5.82 Å². The molecule has 0 saturated carbocycles. The Kier molecular flexibility index (Phi) is 5.82.